The van der Waals surface area contributed by atoms with Gasteiger partial charge in [0.1, 0.15) is 5.75 Å². The number of carbonyl (C=O) groups is 1. The van der Waals surface area contributed by atoms with E-state index < -0.39 is 0 Å². The number of nitrogens with one attached hydrogen (secondary N) is 1. The highest BCUT2D eigenvalue weighted by molar-refractivity contribution is 5.73. The molecular weight excluding hydrogens is 300 g/mol. The lowest BCUT2D eigenvalue weighted by molar-refractivity contribution is 0.206. The lowest BCUT2D eigenvalue weighted by Crippen LogP contribution is -2.37. The van der Waals surface area contributed by atoms with Crippen LogP contribution in [0, 0.1) is 0 Å². The molecule has 1 N–H and O–H groups in total. The first kappa shape index (κ1) is 17.9. The predicted molar refractivity (Wildman–Crippen MR) is 97.3 cm³/mol. The molecule has 0 bridgehead atoms. The van der Waals surface area contributed by atoms with E-state index in [1.807, 2.05) is 42.5 Å². The Morgan fingerprint density at radius 3 is 2.62 bits per heavy atom. The first-order valence-corrected chi connectivity index (χ1v) is 8.27. The van der Waals surface area contributed by atoms with E-state index in [2.05, 4.69) is 24.4 Å². The van der Waals surface area contributed by atoms with Crippen molar-refractivity contribution >= 4 is 6.03 Å². The molecule has 24 heavy (non-hydrogen) atoms. The topological polar surface area (TPSA) is 41.6 Å². The van der Waals surface area contributed by atoms with Gasteiger partial charge >= 0.3 is 6.03 Å². The summed E-state index contributed by atoms with van der Waals surface area (Å²) in [6, 6.07) is 18.1. The molecule has 1 atom stereocenters. The van der Waals surface area contributed by atoms with Gasteiger partial charge in [-0.05, 0) is 35.6 Å². The molecule has 2 aromatic carbocycles. The van der Waals surface area contributed by atoms with E-state index in [1.54, 1.807) is 19.1 Å². The van der Waals surface area contributed by atoms with Crippen LogP contribution >= 0.6 is 0 Å². The van der Waals surface area contributed by atoms with Gasteiger partial charge in [0, 0.05) is 20.1 Å². The number of hydrogen-bond donors (Lipinski definition) is 1. The highest BCUT2D eigenvalue weighted by Crippen LogP contribution is 2.17. The molecule has 0 aliphatic rings. The van der Waals surface area contributed by atoms with Crippen molar-refractivity contribution in [3.63, 3.8) is 0 Å². The number of methoxy groups -OCH3 is 1. The molecule has 0 spiro atoms. The van der Waals surface area contributed by atoms with Crippen LogP contribution in [0.15, 0.2) is 54.6 Å². The Bertz CT molecular complexity index is 643. The van der Waals surface area contributed by atoms with Gasteiger partial charge in [-0.2, -0.15) is 0 Å². The summed E-state index contributed by atoms with van der Waals surface area (Å²) >= 11 is 0. The Morgan fingerprint density at radius 1 is 1.17 bits per heavy atom. The molecule has 1 unspecified atom stereocenters. The summed E-state index contributed by atoms with van der Waals surface area (Å²) < 4.78 is 5.21. The van der Waals surface area contributed by atoms with Crippen molar-refractivity contribution in [2.75, 3.05) is 20.7 Å². The highest BCUT2D eigenvalue weighted by Gasteiger charge is 2.10. The quantitative estimate of drug-likeness (QED) is 0.834. The standard InChI is InChI=1S/C20H26N2O2/c1-16(18-9-5-4-6-10-18)12-13-21-20(23)22(2)15-17-8-7-11-19(14-17)24-3/h4-11,14,16H,12-13,15H2,1-3H3,(H,21,23). The van der Waals surface area contributed by atoms with Crippen molar-refractivity contribution in [3.05, 3.63) is 65.7 Å². The molecule has 2 amide bonds. The third-order valence-electron chi connectivity index (χ3n) is 4.12. The average molecular weight is 326 g/mol. The summed E-state index contributed by atoms with van der Waals surface area (Å²) in [5.41, 5.74) is 2.35. The minimum absolute atomic E-state index is 0.0573. The SMILES string of the molecule is COc1cccc(CN(C)C(=O)NCCC(C)c2ccccc2)c1. The van der Waals surface area contributed by atoms with E-state index >= 15 is 0 Å². The number of nitrogens with zero attached hydrogens (tertiary/aromatic N) is 1. The minimum Gasteiger partial charge on any atom is -0.497 e. The second-order valence-corrected chi connectivity index (χ2v) is 6.04. The molecule has 0 aromatic heterocycles. The number of rotatable bonds is 7. The maximum absolute atomic E-state index is 12.2. The fourth-order valence-corrected chi connectivity index (χ4v) is 2.60. The Kier molecular flexibility index (Phi) is 6.67. The van der Waals surface area contributed by atoms with E-state index in [0.29, 0.717) is 19.0 Å². The van der Waals surface area contributed by atoms with Gasteiger partial charge in [0.15, 0.2) is 0 Å². The van der Waals surface area contributed by atoms with E-state index in [9.17, 15) is 4.79 Å². The minimum atomic E-state index is -0.0573. The van der Waals surface area contributed by atoms with Gasteiger partial charge in [0.25, 0.3) is 0 Å². The van der Waals surface area contributed by atoms with Gasteiger partial charge < -0.3 is 15.0 Å². The van der Waals surface area contributed by atoms with Crippen molar-refractivity contribution in [2.45, 2.75) is 25.8 Å². The van der Waals surface area contributed by atoms with Gasteiger partial charge in [-0.25, -0.2) is 4.79 Å². The Labute approximate surface area is 144 Å². The maximum atomic E-state index is 12.2. The van der Waals surface area contributed by atoms with E-state index in [1.165, 1.54) is 5.56 Å². The molecule has 0 aliphatic carbocycles. The van der Waals surface area contributed by atoms with Crippen LogP contribution in [-0.2, 0) is 6.54 Å². The van der Waals surface area contributed by atoms with Crippen molar-refractivity contribution in [3.8, 4) is 5.75 Å². The lowest BCUT2D eigenvalue weighted by Gasteiger charge is -2.19. The van der Waals surface area contributed by atoms with Crippen molar-refractivity contribution in [1.29, 1.82) is 0 Å². The van der Waals surface area contributed by atoms with Crippen LogP contribution in [0.25, 0.3) is 0 Å². The Balaban J connectivity index is 1.77. The summed E-state index contributed by atoms with van der Waals surface area (Å²) in [4.78, 5) is 13.9. The lowest BCUT2D eigenvalue weighted by atomic mass is 9.98. The van der Waals surface area contributed by atoms with Crippen LogP contribution in [0.3, 0.4) is 0 Å². The monoisotopic (exact) mass is 326 g/mol. The summed E-state index contributed by atoms with van der Waals surface area (Å²) in [5, 5.41) is 2.99. The molecular formula is C20H26N2O2. The third-order valence-corrected chi connectivity index (χ3v) is 4.12. The fraction of sp³-hybridized carbons (Fsp3) is 0.350. The molecule has 2 rings (SSSR count). The third kappa shape index (κ3) is 5.30. The number of urea groups is 1. The molecule has 0 heterocycles. The molecule has 0 aliphatic heterocycles. The predicted octanol–water partition coefficient (Wildman–Crippen LogP) is 4.03. The van der Waals surface area contributed by atoms with Gasteiger partial charge in [0.2, 0.25) is 0 Å². The summed E-state index contributed by atoms with van der Waals surface area (Å²) in [6.45, 7) is 3.40. The van der Waals surface area contributed by atoms with Gasteiger partial charge in [-0.3, -0.25) is 0 Å². The number of carbonyl (C=O) groups excluding carboxylic acids is 1. The molecule has 0 radical (unpaired) electrons. The number of amides is 2. The Hall–Kier alpha value is -2.49. The van der Waals surface area contributed by atoms with E-state index in [4.69, 9.17) is 4.74 Å². The van der Waals surface area contributed by atoms with Crippen LogP contribution in [0.4, 0.5) is 4.79 Å². The average Bonchev–Trinajstić information content (AvgIpc) is 2.62. The molecule has 4 nitrogen and oxygen atoms in total. The second kappa shape index (κ2) is 8.96. The second-order valence-electron chi connectivity index (χ2n) is 6.04. The first-order valence-electron chi connectivity index (χ1n) is 8.27. The summed E-state index contributed by atoms with van der Waals surface area (Å²) in [7, 11) is 3.44. The molecule has 2 aromatic rings. The maximum Gasteiger partial charge on any atom is 0.317 e. The van der Waals surface area contributed by atoms with Crippen molar-refractivity contribution < 1.29 is 9.53 Å². The summed E-state index contributed by atoms with van der Waals surface area (Å²) in [6.07, 6.45) is 0.919. The van der Waals surface area contributed by atoms with E-state index in [0.717, 1.165) is 17.7 Å². The fourth-order valence-electron chi connectivity index (χ4n) is 2.60. The number of ether oxygens (including phenoxy) is 1. The van der Waals surface area contributed by atoms with Crippen molar-refractivity contribution in [1.82, 2.24) is 10.2 Å². The molecule has 0 fully saturated rings. The van der Waals surface area contributed by atoms with Crippen LogP contribution in [-0.4, -0.2) is 31.6 Å². The van der Waals surface area contributed by atoms with Gasteiger partial charge in [0.05, 0.1) is 7.11 Å². The highest BCUT2D eigenvalue weighted by atomic mass is 16.5. The smallest absolute Gasteiger partial charge is 0.317 e. The zero-order valence-corrected chi connectivity index (χ0v) is 14.7. The zero-order chi connectivity index (χ0) is 17.4. The first-order chi connectivity index (χ1) is 11.6. The van der Waals surface area contributed by atoms with E-state index in [-0.39, 0.29) is 6.03 Å². The normalized spacial score (nSPS) is 11.6. The molecule has 128 valence electrons. The number of hydrogen-bond acceptors (Lipinski definition) is 2. The van der Waals surface area contributed by atoms with Crippen LogP contribution in [0.2, 0.25) is 0 Å². The van der Waals surface area contributed by atoms with Crippen molar-refractivity contribution in [2.24, 2.45) is 0 Å². The van der Waals surface area contributed by atoms with Crippen LogP contribution < -0.4 is 10.1 Å². The summed E-state index contributed by atoms with van der Waals surface area (Å²) in [5.74, 6) is 1.23. The van der Waals surface area contributed by atoms with Crippen LogP contribution in [0.5, 0.6) is 5.75 Å². The van der Waals surface area contributed by atoms with Crippen LogP contribution in [0.1, 0.15) is 30.4 Å². The molecule has 0 saturated heterocycles. The Morgan fingerprint density at radius 2 is 1.92 bits per heavy atom. The largest absolute Gasteiger partial charge is 0.497 e. The number of benzene rings is 2. The zero-order valence-electron chi connectivity index (χ0n) is 14.7. The molecule has 4 heteroatoms. The molecule has 0 saturated carbocycles. The van der Waals surface area contributed by atoms with Gasteiger partial charge in [-0.1, -0.05) is 49.4 Å². The van der Waals surface area contributed by atoms with Gasteiger partial charge in [-0.15, -0.1) is 0 Å².